The molecular weight excluding hydrogens is 240 g/mol. The van der Waals surface area contributed by atoms with Crippen LogP contribution in [0.4, 0.5) is 5.69 Å². The van der Waals surface area contributed by atoms with Crippen molar-refractivity contribution in [1.29, 1.82) is 0 Å². The van der Waals surface area contributed by atoms with Crippen LogP contribution in [0.2, 0.25) is 0 Å². The lowest BCUT2D eigenvalue weighted by Crippen LogP contribution is -2.23. The Morgan fingerprint density at radius 1 is 1.16 bits per heavy atom. The van der Waals surface area contributed by atoms with Gasteiger partial charge in [0.1, 0.15) is 5.75 Å². The summed E-state index contributed by atoms with van der Waals surface area (Å²) in [5.41, 5.74) is 1.20. The van der Waals surface area contributed by atoms with Crippen molar-refractivity contribution in [2.75, 3.05) is 52.4 Å². The molecule has 0 aromatic heterocycles. The molecular formula is C15H26N2O2. The number of benzene rings is 1. The topological polar surface area (TPSA) is 33.7 Å². The van der Waals surface area contributed by atoms with Gasteiger partial charge in [-0.2, -0.15) is 0 Å². The summed E-state index contributed by atoms with van der Waals surface area (Å²) in [6.07, 6.45) is 2.35. The predicted octanol–water partition coefficient (Wildman–Crippen LogP) is 2.15. The minimum absolute atomic E-state index is 0.781. The van der Waals surface area contributed by atoms with E-state index in [9.17, 15) is 0 Å². The first kappa shape index (κ1) is 15.8. The van der Waals surface area contributed by atoms with E-state index in [0.717, 1.165) is 32.0 Å². The zero-order valence-corrected chi connectivity index (χ0v) is 12.3. The Morgan fingerprint density at radius 3 is 2.74 bits per heavy atom. The van der Waals surface area contributed by atoms with Crippen LogP contribution in [0, 0.1) is 0 Å². The summed E-state index contributed by atoms with van der Waals surface area (Å²) in [5, 5.41) is 3.35. The standard InChI is InChI=1S/C15H26N2O2/c1-17(11-5-4-9-16-10-12-18-2)14-7-6-8-15(13-14)19-3/h6-8,13,16H,4-5,9-12H2,1-3H3. The third-order valence-electron chi connectivity index (χ3n) is 3.07. The second-order valence-electron chi connectivity index (χ2n) is 4.57. The van der Waals surface area contributed by atoms with Gasteiger partial charge in [0.25, 0.3) is 0 Å². The van der Waals surface area contributed by atoms with Crippen molar-refractivity contribution in [2.45, 2.75) is 12.8 Å². The molecule has 0 spiro atoms. The average Bonchev–Trinajstić information content (AvgIpc) is 2.46. The SMILES string of the molecule is COCCNCCCCN(C)c1cccc(OC)c1. The quantitative estimate of drug-likeness (QED) is 0.658. The lowest BCUT2D eigenvalue weighted by Gasteiger charge is -2.19. The Kier molecular flexibility index (Phi) is 8.02. The van der Waals surface area contributed by atoms with E-state index in [2.05, 4.69) is 29.4 Å². The molecule has 4 heteroatoms. The first-order valence-corrected chi connectivity index (χ1v) is 6.82. The van der Waals surface area contributed by atoms with Crippen molar-refractivity contribution < 1.29 is 9.47 Å². The van der Waals surface area contributed by atoms with Crippen LogP contribution < -0.4 is 15.0 Å². The van der Waals surface area contributed by atoms with Gasteiger partial charge in [0.05, 0.1) is 13.7 Å². The molecule has 0 saturated heterocycles. The summed E-state index contributed by atoms with van der Waals surface area (Å²) in [6, 6.07) is 8.17. The highest BCUT2D eigenvalue weighted by atomic mass is 16.5. The van der Waals surface area contributed by atoms with Crippen molar-refractivity contribution in [3.8, 4) is 5.75 Å². The van der Waals surface area contributed by atoms with Gasteiger partial charge in [0.15, 0.2) is 0 Å². The number of ether oxygens (including phenoxy) is 2. The highest BCUT2D eigenvalue weighted by Crippen LogP contribution is 2.19. The normalized spacial score (nSPS) is 10.5. The number of nitrogens with zero attached hydrogens (tertiary/aromatic N) is 1. The molecule has 0 aliphatic heterocycles. The lowest BCUT2D eigenvalue weighted by molar-refractivity contribution is 0.199. The molecule has 1 N–H and O–H groups in total. The monoisotopic (exact) mass is 266 g/mol. The van der Waals surface area contributed by atoms with E-state index >= 15 is 0 Å². The number of hydrogen-bond donors (Lipinski definition) is 1. The van der Waals surface area contributed by atoms with Gasteiger partial charge in [-0.3, -0.25) is 0 Å². The van der Waals surface area contributed by atoms with Gasteiger partial charge in [-0.1, -0.05) is 6.07 Å². The molecule has 0 saturated carbocycles. The fourth-order valence-corrected chi connectivity index (χ4v) is 1.88. The number of unbranched alkanes of at least 4 members (excludes halogenated alkanes) is 1. The molecule has 0 aliphatic carbocycles. The molecule has 0 heterocycles. The van der Waals surface area contributed by atoms with Gasteiger partial charge in [-0.05, 0) is 31.5 Å². The van der Waals surface area contributed by atoms with E-state index in [1.165, 1.54) is 18.5 Å². The summed E-state index contributed by atoms with van der Waals surface area (Å²) >= 11 is 0. The maximum absolute atomic E-state index is 5.24. The van der Waals surface area contributed by atoms with Crippen LogP contribution in [0.25, 0.3) is 0 Å². The van der Waals surface area contributed by atoms with Gasteiger partial charge in [-0.25, -0.2) is 0 Å². The van der Waals surface area contributed by atoms with Crippen LogP contribution >= 0.6 is 0 Å². The number of methoxy groups -OCH3 is 2. The summed E-state index contributed by atoms with van der Waals surface area (Å²) in [4.78, 5) is 2.26. The Morgan fingerprint density at radius 2 is 2.00 bits per heavy atom. The number of rotatable bonds is 10. The van der Waals surface area contributed by atoms with Crippen molar-refractivity contribution in [1.82, 2.24) is 5.32 Å². The van der Waals surface area contributed by atoms with Crippen molar-refractivity contribution >= 4 is 5.69 Å². The maximum atomic E-state index is 5.24. The van der Waals surface area contributed by atoms with E-state index < -0.39 is 0 Å². The van der Waals surface area contributed by atoms with Crippen LogP contribution in [0.5, 0.6) is 5.75 Å². The van der Waals surface area contributed by atoms with Crippen molar-refractivity contribution in [2.24, 2.45) is 0 Å². The number of hydrogen-bond acceptors (Lipinski definition) is 4. The third kappa shape index (κ3) is 6.45. The van der Waals surface area contributed by atoms with Gasteiger partial charge in [-0.15, -0.1) is 0 Å². The molecule has 1 rings (SSSR count). The zero-order chi connectivity index (χ0) is 13.9. The van der Waals surface area contributed by atoms with Gasteiger partial charge in [0.2, 0.25) is 0 Å². The molecule has 108 valence electrons. The van der Waals surface area contributed by atoms with E-state index in [4.69, 9.17) is 9.47 Å². The molecule has 0 radical (unpaired) electrons. The van der Waals surface area contributed by atoms with Crippen molar-refractivity contribution in [3.63, 3.8) is 0 Å². The highest BCUT2D eigenvalue weighted by molar-refractivity contribution is 5.49. The molecule has 4 nitrogen and oxygen atoms in total. The molecule has 1 aromatic carbocycles. The Bertz CT molecular complexity index is 345. The summed E-state index contributed by atoms with van der Waals surface area (Å²) in [5.74, 6) is 0.908. The number of nitrogens with one attached hydrogen (secondary N) is 1. The second-order valence-corrected chi connectivity index (χ2v) is 4.57. The van der Waals surface area contributed by atoms with Crippen LogP contribution in [0.15, 0.2) is 24.3 Å². The minimum atomic E-state index is 0.781. The Hall–Kier alpha value is -1.26. The van der Waals surface area contributed by atoms with Gasteiger partial charge in [0, 0.05) is 39.0 Å². The van der Waals surface area contributed by atoms with Crippen LogP contribution in [-0.2, 0) is 4.74 Å². The van der Waals surface area contributed by atoms with E-state index in [0.29, 0.717) is 0 Å². The molecule has 0 atom stereocenters. The van der Waals surface area contributed by atoms with E-state index in [-0.39, 0.29) is 0 Å². The van der Waals surface area contributed by atoms with E-state index in [1.54, 1.807) is 14.2 Å². The first-order valence-electron chi connectivity index (χ1n) is 6.82. The fraction of sp³-hybridized carbons (Fsp3) is 0.600. The Labute approximate surface area is 116 Å². The summed E-state index contributed by atoms with van der Waals surface area (Å²) < 4.78 is 10.2. The van der Waals surface area contributed by atoms with E-state index in [1.807, 2.05) is 12.1 Å². The Balaban J connectivity index is 2.18. The zero-order valence-electron chi connectivity index (χ0n) is 12.3. The molecule has 19 heavy (non-hydrogen) atoms. The van der Waals surface area contributed by atoms with Crippen LogP contribution in [0.3, 0.4) is 0 Å². The largest absolute Gasteiger partial charge is 0.497 e. The predicted molar refractivity (Wildman–Crippen MR) is 80.2 cm³/mol. The summed E-state index contributed by atoms with van der Waals surface area (Å²) in [6.45, 7) is 3.82. The molecule has 0 bridgehead atoms. The lowest BCUT2D eigenvalue weighted by atomic mass is 10.2. The molecule has 0 fully saturated rings. The minimum Gasteiger partial charge on any atom is -0.497 e. The summed E-state index contributed by atoms with van der Waals surface area (Å²) in [7, 11) is 5.54. The van der Waals surface area contributed by atoms with Crippen molar-refractivity contribution in [3.05, 3.63) is 24.3 Å². The molecule has 1 aromatic rings. The third-order valence-corrected chi connectivity index (χ3v) is 3.07. The second kappa shape index (κ2) is 9.64. The smallest absolute Gasteiger partial charge is 0.120 e. The average molecular weight is 266 g/mol. The first-order chi connectivity index (χ1) is 9.27. The van der Waals surface area contributed by atoms with Gasteiger partial charge < -0.3 is 19.7 Å². The highest BCUT2D eigenvalue weighted by Gasteiger charge is 2.01. The number of anilines is 1. The molecule has 0 unspecified atom stereocenters. The fourth-order valence-electron chi connectivity index (χ4n) is 1.88. The molecule has 0 amide bonds. The van der Waals surface area contributed by atoms with Crippen LogP contribution in [-0.4, -0.2) is 47.5 Å². The van der Waals surface area contributed by atoms with Crippen LogP contribution in [0.1, 0.15) is 12.8 Å². The molecule has 0 aliphatic rings. The maximum Gasteiger partial charge on any atom is 0.120 e. The van der Waals surface area contributed by atoms with Gasteiger partial charge >= 0.3 is 0 Å².